The Morgan fingerprint density at radius 1 is 1.23 bits per heavy atom. The van der Waals surface area contributed by atoms with E-state index in [9.17, 15) is 14.7 Å². The normalized spacial score (nSPS) is 11.3. The van der Waals surface area contributed by atoms with Gasteiger partial charge in [-0.15, -0.1) is 0 Å². The number of aromatic nitrogens is 1. The molecule has 0 aliphatic carbocycles. The molecule has 1 aromatic heterocycles. The molecule has 0 aliphatic rings. The molecule has 2 amide bonds. The molecule has 2 rings (SSSR count). The lowest BCUT2D eigenvalue weighted by Gasteiger charge is -2.08. The van der Waals surface area contributed by atoms with Gasteiger partial charge in [-0.1, -0.05) is 53.0 Å². The van der Waals surface area contributed by atoms with Crippen LogP contribution < -0.4 is 9.88 Å². The van der Waals surface area contributed by atoms with E-state index in [-0.39, 0.29) is 11.6 Å². The quantitative estimate of drug-likeness (QED) is 0.631. The average molecular weight is 365 g/mol. The molecule has 0 radical (unpaired) electrons. The molecule has 9 heteroatoms. The average Bonchev–Trinajstić information content (AvgIpc) is 2.74. The molecule has 0 saturated heterocycles. The summed E-state index contributed by atoms with van der Waals surface area (Å²) in [6, 6.07) is 8.79. The maximum absolute atomic E-state index is 12.0. The minimum absolute atomic E-state index is 0.226. The van der Waals surface area contributed by atoms with Crippen molar-refractivity contribution in [2.75, 3.05) is 0 Å². The molecule has 0 unspecified atom stereocenters. The second-order valence-corrected chi connectivity index (χ2v) is 6.55. The topological polar surface area (TPSA) is 83.4 Å². The maximum Gasteiger partial charge on any atom is 0.383 e. The number of carbonyl (C=O) groups excluding carboxylic acids is 2. The van der Waals surface area contributed by atoms with Gasteiger partial charge in [0.15, 0.2) is 0 Å². The van der Waals surface area contributed by atoms with Crippen LogP contribution in [0.3, 0.4) is 0 Å². The fraction of sp³-hybridized carbons (Fsp3) is 0.154. The Morgan fingerprint density at radius 3 is 2.36 bits per heavy atom. The molecule has 0 saturated carbocycles. The van der Waals surface area contributed by atoms with E-state index in [1.165, 1.54) is 11.6 Å². The number of nitrogens with zero attached hydrogens (tertiary/aromatic N) is 1. The molecular formula is C13H10Cl3N2O4+. The van der Waals surface area contributed by atoms with Gasteiger partial charge in [-0.25, -0.2) is 0 Å². The summed E-state index contributed by atoms with van der Waals surface area (Å²) >= 11 is 16.1. The number of amides is 2. The standard InChI is InChI=1S/C13H9Cl3N2O4/c1-18-8(9(19)17-12(21)13(14,15)16)11(20)22-10(18)7-5-3-2-4-6-7/h2-6H,1H3,(H-,17,19,20,21)/p+1. The van der Waals surface area contributed by atoms with E-state index >= 15 is 0 Å². The molecule has 0 aliphatic heterocycles. The number of alkyl halides is 3. The van der Waals surface area contributed by atoms with E-state index in [1.807, 2.05) is 5.32 Å². The molecule has 0 fully saturated rings. The summed E-state index contributed by atoms with van der Waals surface area (Å²) in [6.07, 6.45) is 0. The van der Waals surface area contributed by atoms with Gasteiger partial charge in [-0.2, -0.15) is 4.57 Å². The third kappa shape index (κ3) is 3.35. The highest BCUT2D eigenvalue weighted by molar-refractivity contribution is 6.76. The number of nitrogens with one attached hydrogen (secondary N) is 1. The van der Waals surface area contributed by atoms with Crippen molar-refractivity contribution in [1.82, 2.24) is 5.32 Å². The van der Waals surface area contributed by atoms with Crippen molar-refractivity contribution in [3.63, 3.8) is 0 Å². The van der Waals surface area contributed by atoms with Crippen LogP contribution in [0.4, 0.5) is 0 Å². The van der Waals surface area contributed by atoms with Gasteiger partial charge in [0.25, 0.3) is 9.70 Å². The minimum atomic E-state index is -2.30. The van der Waals surface area contributed by atoms with E-state index < -0.39 is 21.6 Å². The van der Waals surface area contributed by atoms with Crippen LogP contribution >= 0.6 is 34.8 Å². The van der Waals surface area contributed by atoms with Crippen LogP contribution in [0.2, 0.25) is 0 Å². The molecule has 0 spiro atoms. The number of benzene rings is 1. The summed E-state index contributed by atoms with van der Waals surface area (Å²) < 4.78 is 4.15. The zero-order valence-corrected chi connectivity index (χ0v) is 13.4. The highest BCUT2D eigenvalue weighted by Crippen LogP contribution is 2.27. The zero-order valence-electron chi connectivity index (χ0n) is 11.1. The van der Waals surface area contributed by atoms with Crippen LogP contribution in [-0.4, -0.2) is 20.7 Å². The van der Waals surface area contributed by atoms with Gasteiger partial charge in [-0.05, 0) is 12.1 Å². The molecular weight excluding hydrogens is 355 g/mol. The molecule has 0 atom stereocenters. The molecule has 1 heterocycles. The first-order valence-electron chi connectivity index (χ1n) is 5.91. The predicted molar refractivity (Wildman–Crippen MR) is 79.7 cm³/mol. The molecule has 22 heavy (non-hydrogen) atoms. The number of hydrogen-bond donors (Lipinski definition) is 2. The third-order valence-corrected chi connectivity index (χ3v) is 3.27. The second-order valence-electron chi connectivity index (χ2n) is 4.27. The lowest BCUT2D eigenvalue weighted by molar-refractivity contribution is -0.664. The van der Waals surface area contributed by atoms with Crippen LogP contribution in [0, 0.1) is 0 Å². The van der Waals surface area contributed by atoms with Gasteiger partial charge in [0.05, 0.1) is 5.56 Å². The summed E-state index contributed by atoms with van der Waals surface area (Å²) in [5.41, 5.74) is 0.355. The molecule has 1 aromatic carbocycles. The van der Waals surface area contributed by atoms with Crippen LogP contribution in [0.15, 0.2) is 34.7 Å². The minimum Gasteiger partial charge on any atom is -0.476 e. The highest BCUT2D eigenvalue weighted by atomic mass is 35.6. The second kappa shape index (κ2) is 6.16. The molecule has 2 N–H and O–H groups in total. The summed E-state index contributed by atoms with van der Waals surface area (Å²) in [5, 5.41) is 11.7. The van der Waals surface area contributed by atoms with E-state index in [4.69, 9.17) is 39.2 Å². The lowest BCUT2D eigenvalue weighted by Crippen LogP contribution is -2.45. The van der Waals surface area contributed by atoms with Crippen molar-refractivity contribution < 1.29 is 23.7 Å². The Labute approximate surface area is 140 Å². The maximum atomic E-state index is 12.0. The van der Waals surface area contributed by atoms with Crippen molar-refractivity contribution in [2.45, 2.75) is 3.79 Å². The van der Waals surface area contributed by atoms with Crippen LogP contribution in [-0.2, 0) is 11.8 Å². The largest absolute Gasteiger partial charge is 0.476 e. The number of rotatable bonds is 2. The van der Waals surface area contributed by atoms with E-state index in [2.05, 4.69) is 0 Å². The van der Waals surface area contributed by atoms with Gasteiger partial charge < -0.3 is 9.52 Å². The first kappa shape index (κ1) is 16.6. The fourth-order valence-corrected chi connectivity index (χ4v) is 1.91. The van der Waals surface area contributed by atoms with Crippen LogP contribution in [0.25, 0.3) is 11.5 Å². The molecule has 0 bridgehead atoms. The number of oxazole rings is 1. The Hall–Kier alpha value is -1.76. The van der Waals surface area contributed by atoms with Gasteiger partial charge in [0, 0.05) is 0 Å². The number of aromatic hydroxyl groups is 1. The molecule has 2 aromatic rings. The highest BCUT2D eigenvalue weighted by Gasteiger charge is 2.38. The Morgan fingerprint density at radius 2 is 1.82 bits per heavy atom. The van der Waals surface area contributed by atoms with Crippen LogP contribution in [0.5, 0.6) is 5.95 Å². The first-order chi connectivity index (χ1) is 10.2. The number of imide groups is 1. The Balaban J connectivity index is 2.35. The Bertz CT molecular complexity index is 723. The monoisotopic (exact) mass is 363 g/mol. The van der Waals surface area contributed by atoms with Crippen molar-refractivity contribution in [1.29, 1.82) is 0 Å². The van der Waals surface area contributed by atoms with E-state index in [1.54, 1.807) is 30.3 Å². The lowest BCUT2D eigenvalue weighted by atomic mass is 10.2. The van der Waals surface area contributed by atoms with Crippen molar-refractivity contribution in [3.8, 4) is 17.4 Å². The molecule has 116 valence electrons. The van der Waals surface area contributed by atoms with Gasteiger partial charge >= 0.3 is 23.4 Å². The van der Waals surface area contributed by atoms with E-state index in [0.717, 1.165) is 0 Å². The van der Waals surface area contributed by atoms with Crippen molar-refractivity contribution >= 4 is 46.6 Å². The van der Waals surface area contributed by atoms with Crippen molar-refractivity contribution in [3.05, 3.63) is 36.0 Å². The van der Waals surface area contributed by atoms with Gasteiger partial charge in [-0.3, -0.25) is 14.9 Å². The summed E-state index contributed by atoms with van der Waals surface area (Å²) in [6.45, 7) is 0. The summed E-state index contributed by atoms with van der Waals surface area (Å²) in [7, 11) is 1.49. The van der Waals surface area contributed by atoms with Gasteiger partial charge in [0.1, 0.15) is 7.05 Å². The van der Waals surface area contributed by atoms with E-state index in [0.29, 0.717) is 5.56 Å². The smallest absolute Gasteiger partial charge is 0.383 e. The zero-order chi connectivity index (χ0) is 16.5. The van der Waals surface area contributed by atoms with Crippen molar-refractivity contribution in [2.24, 2.45) is 7.05 Å². The first-order valence-corrected chi connectivity index (χ1v) is 7.05. The van der Waals surface area contributed by atoms with Crippen LogP contribution in [0.1, 0.15) is 10.5 Å². The number of carbonyl (C=O) groups is 2. The SMILES string of the molecule is C[n+]1c(-c2ccccc2)oc(O)c1C(=O)NC(=O)C(Cl)(Cl)Cl. The molecule has 6 nitrogen and oxygen atoms in total. The number of halogens is 3. The summed E-state index contributed by atoms with van der Waals surface area (Å²) in [4.78, 5) is 23.5. The fourth-order valence-electron chi connectivity index (χ4n) is 1.77. The Kier molecular flexibility index (Phi) is 4.65. The third-order valence-electron chi connectivity index (χ3n) is 2.76. The summed E-state index contributed by atoms with van der Waals surface area (Å²) in [5.74, 6) is -2.52. The van der Waals surface area contributed by atoms with Gasteiger partial charge in [0.2, 0.25) is 0 Å². The predicted octanol–water partition coefficient (Wildman–Crippen LogP) is 2.10. The number of hydrogen-bond acceptors (Lipinski definition) is 4.